The van der Waals surface area contributed by atoms with Gasteiger partial charge < -0.3 is 15.0 Å². The average Bonchev–Trinajstić information content (AvgIpc) is 2.34. The number of nitrogens with one attached hydrogen (secondary N) is 1. The third-order valence-electron chi connectivity index (χ3n) is 4.10. The van der Waals surface area contributed by atoms with Gasteiger partial charge in [-0.3, -0.25) is 0 Å². The summed E-state index contributed by atoms with van der Waals surface area (Å²) < 4.78 is 28.3. The minimum atomic E-state index is -2.77. The highest BCUT2D eigenvalue weighted by Gasteiger charge is 2.35. The molecule has 2 aliphatic rings. The van der Waals surface area contributed by atoms with Crippen molar-refractivity contribution >= 4 is 9.84 Å². The van der Waals surface area contributed by atoms with Crippen molar-refractivity contribution in [3.63, 3.8) is 0 Å². The summed E-state index contributed by atoms with van der Waals surface area (Å²) in [5, 5.41) is 3.28. The van der Waals surface area contributed by atoms with Crippen molar-refractivity contribution in [2.24, 2.45) is 5.41 Å². The molecule has 18 heavy (non-hydrogen) atoms. The minimum absolute atomic E-state index is 0.258. The molecule has 2 fully saturated rings. The van der Waals surface area contributed by atoms with Crippen LogP contribution in [0.3, 0.4) is 0 Å². The Balaban J connectivity index is 1.93. The number of hydrogen-bond donors (Lipinski definition) is 1. The molecular formula is C12H24N2O3S. The van der Waals surface area contributed by atoms with Crippen molar-refractivity contribution in [2.45, 2.75) is 12.8 Å². The van der Waals surface area contributed by atoms with Crippen LogP contribution in [0.1, 0.15) is 12.8 Å². The van der Waals surface area contributed by atoms with Crippen LogP contribution in [0.25, 0.3) is 0 Å². The van der Waals surface area contributed by atoms with Gasteiger partial charge in [0.2, 0.25) is 0 Å². The van der Waals surface area contributed by atoms with Gasteiger partial charge in [-0.1, -0.05) is 0 Å². The van der Waals surface area contributed by atoms with E-state index in [1.54, 1.807) is 0 Å². The number of ether oxygens (including phenoxy) is 1. The molecule has 0 aromatic rings. The topological polar surface area (TPSA) is 58.6 Å². The van der Waals surface area contributed by atoms with E-state index in [1.807, 2.05) is 7.05 Å². The van der Waals surface area contributed by atoms with Gasteiger partial charge in [0.1, 0.15) is 0 Å². The normalized spacial score (nSPS) is 28.1. The second kappa shape index (κ2) is 5.86. The molecule has 2 aliphatic heterocycles. The first-order valence-corrected chi connectivity index (χ1v) is 8.53. The van der Waals surface area contributed by atoms with E-state index in [0.717, 1.165) is 39.1 Å². The molecule has 2 saturated heterocycles. The van der Waals surface area contributed by atoms with Crippen LogP contribution in [-0.2, 0) is 14.6 Å². The van der Waals surface area contributed by atoms with E-state index in [0.29, 0.717) is 24.6 Å². The lowest BCUT2D eigenvalue weighted by Crippen LogP contribution is -2.50. The Morgan fingerprint density at radius 2 is 1.83 bits per heavy atom. The fourth-order valence-electron chi connectivity index (χ4n) is 2.95. The van der Waals surface area contributed by atoms with Crippen molar-refractivity contribution in [1.29, 1.82) is 0 Å². The molecule has 0 saturated carbocycles. The Morgan fingerprint density at radius 3 is 2.39 bits per heavy atom. The highest BCUT2D eigenvalue weighted by Crippen LogP contribution is 2.31. The van der Waals surface area contributed by atoms with Crippen molar-refractivity contribution in [3.8, 4) is 0 Å². The molecule has 0 aliphatic carbocycles. The van der Waals surface area contributed by atoms with E-state index in [-0.39, 0.29) is 5.41 Å². The largest absolute Gasteiger partial charge is 0.381 e. The van der Waals surface area contributed by atoms with Gasteiger partial charge >= 0.3 is 0 Å². The van der Waals surface area contributed by atoms with E-state index < -0.39 is 9.84 Å². The standard InChI is InChI=1S/C12H24N2O3S/c1-13-10-12(2-6-17-7-3-12)11-14-4-8-18(15,16)9-5-14/h13H,2-11H2,1H3. The quantitative estimate of drug-likeness (QED) is 0.766. The van der Waals surface area contributed by atoms with Crippen LogP contribution in [0, 0.1) is 5.41 Å². The molecular weight excluding hydrogens is 252 g/mol. The minimum Gasteiger partial charge on any atom is -0.381 e. The fraction of sp³-hybridized carbons (Fsp3) is 1.00. The molecule has 5 nitrogen and oxygen atoms in total. The summed E-state index contributed by atoms with van der Waals surface area (Å²) in [7, 11) is -0.787. The average molecular weight is 276 g/mol. The maximum Gasteiger partial charge on any atom is 0.152 e. The summed E-state index contributed by atoms with van der Waals surface area (Å²) >= 11 is 0. The summed E-state index contributed by atoms with van der Waals surface area (Å²) in [6.45, 7) is 5.01. The first kappa shape index (κ1) is 14.2. The predicted molar refractivity (Wildman–Crippen MR) is 71.5 cm³/mol. The maximum absolute atomic E-state index is 11.4. The van der Waals surface area contributed by atoms with Gasteiger partial charge in [-0.2, -0.15) is 0 Å². The second-order valence-corrected chi connectivity index (χ2v) is 7.87. The Morgan fingerprint density at radius 1 is 1.22 bits per heavy atom. The van der Waals surface area contributed by atoms with Crippen molar-refractivity contribution < 1.29 is 13.2 Å². The van der Waals surface area contributed by atoms with Gasteiger partial charge in [0, 0.05) is 39.4 Å². The zero-order chi connectivity index (χ0) is 13.1. The summed E-state index contributed by atoms with van der Waals surface area (Å²) in [5.41, 5.74) is 0.258. The number of nitrogens with zero attached hydrogens (tertiary/aromatic N) is 1. The molecule has 0 spiro atoms. The molecule has 0 unspecified atom stereocenters. The maximum atomic E-state index is 11.4. The van der Waals surface area contributed by atoms with Crippen molar-refractivity contribution in [2.75, 3.05) is 57.9 Å². The first-order chi connectivity index (χ1) is 8.55. The third kappa shape index (κ3) is 3.66. The molecule has 6 heteroatoms. The molecule has 0 amide bonds. The van der Waals surface area contributed by atoms with Crippen LogP contribution >= 0.6 is 0 Å². The van der Waals surface area contributed by atoms with E-state index in [9.17, 15) is 8.42 Å². The van der Waals surface area contributed by atoms with Crippen LogP contribution in [0.15, 0.2) is 0 Å². The Hall–Kier alpha value is -0.170. The highest BCUT2D eigenvalue weighted by atomic mass is 32.2. The number of hydrogen-bond acceptors (Lipinski definition) is 5. The number of sulfone groups is 1. The van der Waals surface area contributed by atoms with Gasteiger partial charge in [0.25, 0.3) is 0 Å². The molecule has 0 radical (unpaired) electrons. The zero-order valence-electron chi connectivity index (χ0n) is 11.2. The molecule has 0 bridgehead atoms. The third-order valence-corrected chi connectivity index (χ3v) is 5.71. The Labute approximate surface area is 110 Å². The van der Waals surface area contributed by atoms with E-state index >= 15 is 0 Å². The van der Waals surface area contributed by atoms with E-state index in [1.165, 1.54) is 0 Å². The zero-order valence-corrected chi connectivity index (χ0v) is 12.0. The lowest BCUT2D eigenvalue weighted by atomic mass is 9.79. The molecule has 106 valence electrons. The van der Waals surface area contributed by atoms with Gasteiger partial charge in [0.05, 0.1) is 11.5 Å². The lowest BCUT2D eigenvalue weighted by molar-refractivity contribution is -0.00226. The first-order valence-electron chi connectivity index (χ1n) is 6.70. The highest BCUT2D eigenvalue weighted by molar-refractivity contribution is 7.91. The van der Waals surface area contributed by atoms with E-state index in [4.69, 9.17) is 4.74 Å². The van der Waals surface area contributed by atoms with E-state index in [2.05, 4.69) is 10.2 Å². The molecule has 2 rings (SSSR count). The SMILES string of the molecule is CNCC1(CN2CCS(=O)(=O)CC2)CCOCC1. The number of rotatable bonds is 4. The Bertz CT molecular complexity index is 344. The molecule has 0 aromatic heterocycles. The lowest BCUT2D eigenvalue weighted by Gasteiger charge is -2.42. The van der Waals surface area contributed by atoms with Crippen molar-refractivity contribution in [1.82, 2.24) is 10.2 Å². The summed E-state index contributed by atoms with van der Waals surface area (Å²) in [5.74, 6) is 0.637. The van der Waals surface area contributed by atoms with Gasteiger partial charge in [-0.05, 0) is 25.3 Å². The monoisotopic (exact) mass is 276 g/mol. The molecule has 0 atom stereocenters. The summed E-state index contributed by atoms with van der Waals surface area (Å²) in [4.78, 5) is 2.31. The molecule has 1 N–H and O–H groups in total. The predicted octanol–water partition coefficient (Wildman–Crippen LogP) is -0.267. The van der Waals surface area contributed by atoms with Gasteiger partial charge in [0.15, 0.2) is 9.84 Å². The Kier molecular flexibility index (Phi) is 4.64. The second-order valence-electron chi connectivity index (χ2n) is 5.57. The molecule has 0 aromatic carbocycles. The van der Waals surface area contributed by atoms with Gasteiger partial charge in [-0.15, -0.1) is 0 Å². The fourth-order valence-corrected chi connectivity index (χ4v) is 4.23. The van der Waals surface area contributed by atoms with Crippen LogP contribution in [0.5, 0.6) is 0 Å². The van der Waals surface area contributed by atoms with Crippen molar-refractivity contribution in [3.05, 3.63) is 0 Å². The van der Waals surface area contributed by atoms with Crippen LogP contribution in [0.2, 0.25) is 0 Å². The summed E-state index contributed by atoms with van der Waals surface area (Å²) in [6, 6.07) is 0. The van der Waals surface area contributed by atoms with Crippen LogP contribution in [0.4, 0.5) is 0 Å². The smallest absolute Gasteiger partial charge is 0.152 e. The summed E-state index contributed by atoms with van der Waals surface area (Å²) in [6.07, 6.45) is 2.13. The molecule has 2 heterocycles. The van der Waals surface area contributed by atoms with Gasteiger partial charge in [-0.25, -0.2) is 8.42 Å². The van der Waals surface area contributed by atoms with Crippen LogP contribution < -0.4 is 5.32 Å². The van der Waals surface area contributed by atoms with Crippen LogP contribution in [-0.4, -0.2) is 71.3 Å².